The van der Waals surface area contributed by atoms with E-state index in [2.05, 4.69) is 66.8 Å². The lowest BCUT2D eigenvalue weighted by Gasteiger charge is -2.21. The second kappa shape index (κ2) is 4.94. The van der Waals surface area contributed by atoms with Crippen LogP contribution in [0.25, 0.3) is 5.69 Å². The van der Waals surface area contributed by atoms with Gasteiger partial charge in [0.1, 0.15) is 0 Å². The van der Waals surface area contributed by atoms with Crippen molar-refractivity contribution in [1.29, 1.82) is 0 Å². The molecule has 96 valence electrons. The third kappa shape index (κ3) is 2.99. The van der Waals surface area contributed by atoms with Crippen LogP contribution in [0.2, 0.25) is 0 Å². The van der Waals surface area contributed by atoms with Crippen LogP contribution in [0.15, 0.2) is 36.8 Å². The van der Waals surface area contributed by atoms with Crippen molar-refractivity contribution in [2.24, 2.45) is 0 Å². The lowest BCUT2D eigenvalue weighted by atomic mass is 10.1. The van der Waals surface area contributed by atoms with Gasteiger partial charge in [0.25, 0.3) is 0 Å². The third-order valence-corrected chi connectivity index (χ3v) is 2.89. The Labute approximate surface area is 109 Å². The first-order valence-electron chi connectivity index (χ1n) is 6.29. The zero-order chi connectivity index (χ0) is 13.2. The van der Waals surface area contributed by atoms with Gasteiger partial charge in [-0.25, -0.2) is 4.98 Å². The molecule has 0 aliphatic rings. The van der Waals surface area contributed by atoms with Gasteiger partial charge in [-0.1, -0.05) is 18.2 Å². The smallest absolute Gasteiger partial charge is 0.0994 e. The van der Waals surface area contributed by atoms with E-state index in [9.17, 15) is 0 Å². The first kappa shape index (κ1) is 12.8. The average molecular weight is 243 g/mol. The number of imidazole rings is 1. The Morgan fingerprint density at radius 1 is 1.22 bits per heavy atom. The molecule has 2 rings (SSSR count). The maximum absolute atomic E-state index is 4.26. The molecule has 2 aromatic rings. The van der Waals surface area contributed by atoms with Crippen LogP contribution in [-0.2, 0) is 6.54 Å². The minimum atomic E-state index is 0.112. The summed E-state index contributed by atoms with van der Waals surface area (Å²) in [5.74, 6) is 0. The highest BCUT2D eigenvalue weighted by Gasteiger charge is 2.11. The Morgan fingerprint density at radius 3 is 2.61 bits per heavy atom. The van der Waals surface area contributed by atoms with Gasteiger partial charge in [-0.2, -0.15) is 0 Å². The van der Waals surface area contributed by atoms with Gasteiger partial charge in [0.2, 0.25) is 0 Å². The van der Waals surface area contributed by atoms with Crippen molar-refractivity contribution in [2.75, 3.05) is 0 Å². The number of aromatic nitrogens is 2. The van der Waals surface area contributed by atoms with Crippen LogP contribution in [0.1, 0.15) is 32.0 Å². The monoisotopic (exact) mass is 243 g/mol. The standard InChI is InChI=1S/C15H21N3/c1-12-7-5-6-8-14(12)18-11-16-9-13(18)10-17-15(2,3)4/h5-9,11,17H,10H2,1-4H3. The van der Waals surface area contributed by atoms with Gasteiger partial charge in [0.05, 0.1) is 12.0 Å². The van der Waals surface area contributed by atoms with Crippen molar-refractivity contribution in [3.63, 3.8) is 0 Å². The molecule has 1 aromatic carbocycles. The van der Waals surface area contributed by atoms with E-state index in [1.54, 1.807) is 0 Å². The quantitative estimate of drug-likeness (QED) is 0.898. The molecule has 1 N–H and O–H groups in total. The van der Waals surface area contributed by atoms with Gasteiger partial charge >= 0.3 is 0 Å². The molecule has 0 unspecified atom stereocenters. The SMILES string of the molecule is Cc1ccccc1-n1cncc1CNC(C)(C)C. The van der Waals surface area contributed by atoms with Crippen molar-refractivity contribution >= 4 is 0 Å². The summed E-state index contributed by atoms with van der Waals surface area (Å²) in [6, 6.07) is 8.36. The topological polar surface area (TPSA) is 29.9 Å². The molecule has 0 atom stereocenters. The van der Waals surface area contributed by atoms with Crippen molar-refractivity contribution in [3.05, 3.63) is 48.0 Å². The summed E-state index contributed by atoms with van der Waals surface area (Å²) in [6.07, 6.45) is 3.80. The summed E-state index contributed by atoms with van der Waals surface area (Å²) < 4.78 is 2.15. The van der Waals surface area contributed by atoms with Gasteiger partial charge in [0.15, 0.2) is 0 Å². The molecule has 0 aliphatic heterocycles. The van der Waals surface area contributed by atoms with Crippen LogP contribution in [0.4, 0.5) is 0 Å². The minimum Gasteiger partial charge on any atom is -0.306 e. The number of nitrogens with zero attached hydrogens (tertiary/aromatic N) is 2. The Morgan fingerprint density at radius 2 is 1.94 bits per heavy atom. The molecule has 3 nitrogen and oxygen atoms in total. The summed E-state index contributed by atoms with van der Waals surface area (Å²) in [4.78, 5) is 4.26. The van der Waals surface area contributed by atoms with Crippen molar-refractivity contribution in [2.45, 2.75) is 39.8 Å². The van der Waals surface area contributed by atoms with Gasteiger partial charge < -0.3 is 9.88 Å². The first-order chi connectivity index (χ1) is 8.47. The predicted molar refractivity (Wildman–Crippen MR) is 74.9 cm³/mol. The van der Waals surface area contributed by atoms with E-state index in [4.69, 9.17) is 0 Å². The molecule has 0 aliphatic carbocycles. The lowest BCUT2D eigenvalue weighted by molar-refractivity contribution is 0.419. The number of rotatable bonds is 3. The van der Waals surface area contributed by atoms with Crippen molar-refractivity contribution in [3.8, 4) is 5.69 Å². The fourth-order valence-electron chi connectivity index (χ4n) is 1.86. The molecule has 3 heteroatoms. The summed E-state index contributed by atoms with van der Waals surface area (Å²) in [6.45, 7) is 9.44. The second-order valence-electron chi connectivity index (χ2n) is 5.65. The second-order valence-corrected chi connectivity index (χ2v) is 5.65. The van der Waals surface area contributed by atoms with E-state index in [0.29, 0.717) is 0 Å². The number of aryl methyl sites for hydroxylation is 1. The average Bonchev–Trinajstić information content (AvgIpc) is 2.74. The van der Waals surface area contributed by atoms with Crippen LogP contribution >= 0.6 is 0 Å². The van der Waals surface area contributed by atoms with E-state index in [-0.39, 0.29) is 5.54 Å². The highest BCUT2D eigenvalue weighted by molar-refractivity contribution is 5.41. The zero-order valence-corrected chi connectivity index (χ0v) is 11.6. The van der Waals surface area contributed by atoms with Gasteiger partial charge in [-0.3, -0.25) is 0 Å². The fraction of sp³-hybridized carbons (Fsp3) is 0.400. The van der Waals surface area contributed by atoms with Crippen molar-refractivity contribution < 1.29 is 0 Å². The van der Waals surface area contributed by atoms with Crippen LogP contribution in [0, 0.1) is 6.92 Å². The van der Waals surface area contributed by atoms with E-state index >= 15 is 0 Å². The molecule has 0 spiro atoms. The molecule has 0 saturated carbocycles. The largest absolute Gasteiger partial charge is 0.306 e. The maximum atomic E-state index is 4.26. The molecule has 1 aromatic heterocycles. The Bertz CT molecular complexity index is 521. The van der Waals surface area contributed by atoms with E-state index in [0.717, 1.165) is 6.54 Å². The molecule has 0 saturated heterocycles. The first-order valence-corrected chi connectivity index (χ1v) is 6.29. The Balaban J connectivity index is 2.26. The lowest BCUT2D eigenvalue weighted by Crippen LogP contribution is -2.35. The van der Waals surface area contributed by atoms with Crippen LogP contribution in [0.5, 0.6) is 0 Å². The normalized spacial score (nSPS) is 11.8. The summed E-state index contributed by atoms with van der Waals surface area (Å²) in [7, 11) is 0. The van der Waals surface area contributed by atoms with Crippen LogP contribution in [0.3, 0.4) is 0 Å². The zero-order valence-electron chi connectivity index (χ0n) is 11.6. The van der Waals surface area contributed by atoms with Gasteiger partial charge in [-0.15, -0.1) is 0 Å². The predicted octanol–water partition coefficient (Wildman–Crippen LogP) is 3.07. The number of para-hydroxylation sites is 1. The molecular weight excluding hydrogens is 222 g/mol. The maximum Gasteiger partial charge on any atom is 0.0994 e. The molecule has 0 bridgehead atoms. The van der Waals surface area contributed by atoms with Crippen LogP contribution < -0.4 is 5.32 Å². The van der Waals surface area contributed by atoms with Crippen LogP contribution in [-0.4, -0.2) is 15.1 Å². The third-order valence-electron chi connectivity index (χ3n) is 2.89. The van der Waals surface area contributed by atoms with E-state index < -0.39 is 0 Å². The number of hydrogen-bond acceptors (Lipinski definition) is 2. The molecule has 0 amide bonds. The van der Waals surface area contributed by atoms with E-state index in [1.807, 2.05) is 12.5 Å². The van der Waals surface area contributed by atoms with Crippen molar-refractivity contribution in [1.82, 2.24) is 14.9 Å². The summed E-state index contributed by atoms with van der Waals surface area (Å²) in [5.41, 5.74) is 3.74. The summed E-state index contributed by atoms with van der Waals surface area (Å²) >= 11 is 0. The Hall–Kier alpha value is -1.61. The number of benzene rings is 1. The van der Waals surface area contributed by atoms with E-state index in [1.165, 1.54) is 16.9 Å². The molecule has 18 heavy (non-hydrogen) atoms. The minimum absolute atomic E-state index is 0.112. The molecular formula is C15H21N3. The number of nitrogens with one attached hydrogen (secondary N) is 1. The number of hydrogen-bond donors (Lipinski definition) is 1. The highest BCUT2D eigenvalue weighted by atomic mass is 15.1. The fourth-order valence-corrected chi connectivity index (χ4v) is 1.86. The van der Waals surface area contributed by atoms with Gasteiger partial charge in [-0.05, 0) is 39.3 Å². The molecule has 1 heterocycles. The van der Waals surface area contributed by atoms with Gasteiger partial charge in [0, 0.05) is 24.0 Å². The molecule has 0 radical (unpaired) electrons. The Kier molecular flexibility index (Phi) is 3.53. The highest BCUT2D eigenvalue weighted by Crippen LogP contribution is 2.16. The summed E-state index contributed by atoms with van der Waals surface area (Å²) in [5, 5.41) is 3.49. The molecule has 0 fully saturated rings.